The number of urea groups is 1. The fraction of sp³-hybridized carbons (Fsp3) is 0.281. The van der Waals surface area contributed by atoms with E-state index in [2.05, 4.69) is 27.3 Å². The number of amides is 3. The van der Waals surface area contributed by atoms with Gasteiger partial charge in [-0.15, -0.1) is 0 Å². The van der Waals surface area contributed by atoms with Gasteiger partial charge in [0.2, 0.25) is 5.91 Å². The second-order valence-corrected chi connectivity index (χ2v) is 10.8. The molecule has 3 heterocycles. The van der Waals surface area contributed by atoms with E-state index in [1.165, 1.54) is 22.1 Å². The van der Waals surface area contributed by atoms with Crippen molar-refractivity contribution in [3.05, 3.63) is 100.0 Å². The van der Waals surface area contributed by atoms with Crippen LogP contribution in [0.25, 0.3) is 11.4 Å². The van der Waals surface area contributed by atoms with E-state index in [1.54, 1.807) is 18.3 Å². The van der Waals surface area contributed by atoms with Crippen LogP contribution < -0.4 is 10.2 Å². The molecule has 210 valence electrons. The lowest BCUT2D eigenvalue weighted by Gasteiger charge is -2.26. The summed E-state index contributed by atoms with van der Waals surface area (Å²) >= 11 is 0. The summed E-state index contributed by atoms with van der Waals surface area (Å²) in [6.07, 6.45) is 3.11. The van der Waals surface area contributed by atoms with Crippen LogP contribution >= 0.6 is 0 Å². The molecule has 0 aliphatic carbocycles. The van der Waals surface area contributed by atoms with E-state index in [-0.39, 0.29) is 23.9 Å². The zero-order chi connectivity index (χ0) is 28.7. The first-order chi connectivity index (χ1) is 19.8. The van der Waals surface area contributed by atoms with E-state index in [1.807, 2.05) is 42.8 Å². The number of rotatable bonds is 7. The van der Waals surface area contributed by atoms with Crippen molar-refractivity contribution in [2.24, 2.45) is 7.05 Å². The lowest BCUT2D eigenvalue weighted by Crippen LogP contribution is -2.50. The van der Waals surface area contributed by atoms with Gasteiger partial charge in [0, 0.05) is 57.2 Å². The zero-order valence-electron chi connectivity index (χ0n) is 23.2. The van der Waals surface area contributed by atoms with E-state index in [0.29, 0.717) is 30.9 Å². The van der Waals surface area contributed by atoms with Crippen molar-refractivity contribution in [3.63, 3.8) is 0 Å². The molecule has 9 heteroatoms. The number of halogens is 1. The molecule has 2 aliphatic heterocycles. The summed E-state index contributed by atoms with van der Waals surface area (Å²) in [6, 6.07) is 16.7. The molecule has 0 atom stereocenters. The molecule has 1 saturated heterocycles. The summed E-state index contributed by atoms with van der Waals surface area (Å²) < 4.78 is 16.3. The maximum atomic E-state index is 14.5. The van der Waals surface area contributed by atoms with Crippen molar-refractivity contribution >= 4 is 17.8 Å². The van der Waals surface area contributed by atoms with Crippen molar-refractivity contribution in [3.8, 4) is 17.1 Å². The van der Waals surface area contributed by atoms with Crippen LogP contribution in [0.5, 0.6) is 5.75 Å². The van der Waals surface area contributed by atoms with Gasteiger partial charge in [-0.25, -0.2) is 14.2 Å². The van der Waals surface area contributed by atoms with E-state index in [4.69, 9.17) is 0 Å². The van der Waals surface area contributed by atoms with Crippen LogP contribution in [0, 0.1) is 5.82 Å². The summed E-state index contributed by atoms with van der Waals surface area (Å²) in [5.74, 6) is 1.11. The quantitative estimate of drug-likeness (QED) is 0.334. The van der Waals surface area contributed by atoms with Gasteiger partial charge < -0.3 is 9.67 Å². The summed E-state index contributed by atoms with van der Waals surface area (Å²) in [7, 11) is 1.86. The minimum atomic E-state index is -0.436. The minimum Gasteiger partial charge on any atom is -0.508 e. The van der Waals surface area contributed by atoms with Gasteiger partial charge in [-0.3, -0.25) is 19.9 Å². The summed E-state index contributed by atoms with van der Waals surface area (Å²) in [6.45, 7) is 4.42. The Balaban J connectivity index is 1.15. The second-order valence-electron chi connectivity index (χ2n) is 10.8. The highest BCUT2D eigenvalue weighted by Gasteiger charge is 2.28. The van der Waals surface area contributed by atoms with Gasteiger partial charge in [0.15, 0.2) is 0 Å². The lowest BCUT2D eigenvalue weighted by atomic mass is 9.97. The third kappa shape index (κ3) is 5.20. The lowest BCUT2D eigenvalue weighted by molar-refractivity contribution is -0.120. The van der Waals surface area contributed by atoms with Gasteiger partial charge in [-0.2, -0.15) is 0 Å². The number of anilines is 1. The molecule has 0 spiro atoms. The molecule has 1 aromatic heterocycles. The normalized spacial score (nSPS) is 15.3. The molecule has 4 aromatic rings. The fourth-order valence-corrected chi connectivity index (χ4v) is 5.85. The van der Waals surface area contributed by atoms with Crippen LogP contribution in [0.1, 0.15) is 46.7 Å². The monoisotopic (exact) mass is 553 g/mol. The molecule has 41 heavy (non-hydrogen) atoms. The van der Waals surface area contributed by atoms with Gasteiger partial charge in [0.05, 0.1) is 6.20 Å². The minimum absolute atomic E-state index is 0.211. The van der Waals surface area contributed by atoms with Gasteiger partial charge in [0.25, 0.3) is 0 Å². The Labute approximate surface area is 238 Å². The van der Waals surface area contributed by atoms with Crippen LogP contribution in [0.4, 0.5) is 15.0 Å². The molecule has 3 amide bonds. The topological polar surface area (TPSA) is 90.7 Å². The first-order valence-corrected chi connectivity index (χ1v) is 13.8. The van der Waals surface area contributed by atoms with Crippen molar-refractivity contribution in [1.82, 2.24) is 19.8 Å². The largest absolute Gasteiger partial charge is 0.508 e. The number of imidazole rings is 1. The molecule has 0 radical (unpaired) electrons. The van der Waals surface area contributed by atoms with Crippen LogP contribution in [-0.2, 0) is 44.3 Å². The van der Waals surface area contributed by atoms with E-state index < -0.39 is 6.03 Å². The number of aromatic hydroxyl groups is 1. The summed E-state index contributed by atoms with van der Waals surface area (Å²) in [5, 5.41) is 13.2. The van der Waals surface area contributed by atoms with Crippen molar-refractivity contribution in [2.75, 3.05) is 11.4 Å². The maximum absolute atomic E-state index is 14.5. The van der Waals surface area contributed by atoms with Crippen molar-refractivity contribution in [2.45, 2.75) is 45.8 Å². The van der Waals surface area contributed by atoms with E-state index in [9.17, 15) is 19.1 Å². The first-order valence-electron chi connectivity index (χ1n) is 13.8. The smallest absolute Gasteiger partial charge is 0.329 e. The average molecular weight is 554 g/mol. The van der Waals surface area contributed by atoms with Crippen molar-refractivity contribution < 1.29 is 19.1 Å². The van der Waals surface area contributed by atoms with Crippen molar-refractivity contribution in [1.29, 1.82) is 0 Å². The highest BCUT2D eigenvalue weighted by atomic mass is 19.1. The number of carbonyl (C=O) groups is 2. The van der Waals surface area contributed by atoms with Crippen LogP contribution in [0.3, 0.4) is 0 Å². The maximum Gasteiger partial charge on any atom is 0.329 e. The molecule has 2 N–H and O–H groups in total. The van der Waals surface area contributed by atoms with Gasteiger partial charge in [0.1, 0.15) is 23.2 Å². The predicted octanol–water partition coefficient (Wildman–Crippen LogP) is 5.05. The highest BCUT2D eigenvalue weighted by Crippen LogP contribution is 2.32. The third-order valence-electron chi connectivity index (χ3n) is 8.07. The van der Waals surface area contributed by atoms with Crippen LogP contribution in [-0.4, -0.2) is 38.0 Å². The number of phenols is 1. The molecular formula is C32H32FN5O3. The predicted molar refractivity (Wildman–Crippen MR) is 154 cm³/mol. The fourth-order valence-electron chi connectivity index (χ4n) is 5.85. The number of imide groups is 1. The van der Waals surface area contributed by atoms with Gasteiger partial charge in [-0.1, -0.05) is 43.3 Å². The average Bonchev–Trinajstić information content (AvgIpc) is 3.53. The first kappa shape index (κ1) is 26.7. The highest BCUT2D eigenvalue weighted by molar-refractivity contribution is 6.05. The number of carbonyl (C=O) groups excluding carboxylic acids is 2. The zero-order valence-corrected chi connectivity index (χ0v) is 23.2. The van der Waals surface area contributed by atoms with E-state index in [0.717, 1.165) is 47.6 Å². The Morgan fingerprint density at radius 3 is 2.63 bits per heavy atom. The number of fused-ring (bicyclic) bond motifs is 1. The number of phenolic OH excluding ortho intramolecular Hbond substituents is 1. The second kappa shape index (κ2) is 10.8. The molecule has 0 unspecified atom stereocenters. The molecule has 2 aliphatic rings. The van der Waals surface area contributed by atoms with Gasteiger partial charge >= 0.3 is 6.03 Å². The number of nitrogens with zero attached hydrogens (tertiary/aromatic N) is 4. The Bertz CT molecular complexity index is 1660. The molecule has 0 bridgehead atoms. The molecule has 3 aromatic carbocycles. The molecule has 8 nitrogen and oxygen atoms in total. The Morgan fingerprint density at radius 1 is 1.02 bits per heavy atom. The third-order valence-corrected chi connectivity index (χ3v) is 8.07. The number of hydrogen-bond acceptors (Lipinski definition) is 5. The molecular weight excluding hydrogens is 521 g/mol. The SMILES string of the molecule is CCc1cccc(F)c1Cc1ccc(CN2Cc3ccc(-c4ncc(N5CCC(=O)NC5=O)n4C)cc3C2)c(O)c1. The summed E-state index contributed by atoms with van der Waals surface area (Å²) in [5.41, 5.74) is 6.73. The number of hydrogen-bond donors (Lipinski definition) is 2. The number of benzene rings is 3. The van der Waals surface area contributed by atoms with E-state index >= 15 is 0 Å². The molecule has 1 fully saturated rings. The number of aryl methyl sites for hydroxylation is 1. The van der Waals surface area contributed by atoms with Gasteiger partial charge in [-0.05, 0) is 52.4 Å². The Morgan fingerprint density at radius 2 is 1.85 bits per heavy atom. The van der Waals surface area contributed by atoms with Crippen LogP contribution in [0.2, 0.25) is 0 Å². The Hall–Kier alpha value is -4.50. The molecule has 0 saturated carbocycles. The molecule has 6 rings (SSSR count). The Kier molecular flexibility index (Phi) is 7.05. The number of nitrogens with one attached hydrogen (secondary N) is 1. The number of aromatic nitrogens is 2. The summed E-state index contributed by atoms with van der Waals surface area (Å²) in [4.78, 5) is 32.2. The standard InChI is InChI=1S/C32H32FN5O3/c1-3-21-5-4-6-27(33)26(21)13-20-7-8-24(28(39)14-20)18-37-17-23-10-9-22(15-25(23)19-37)31-34-16-30(36(31)2)38-12-11-29(40)35-32(38)41/h4-10,14-16,39H,3,11-13,17-19H2,1-2H3,(H,35,40,41). The van der Waals surface area contributed by atoms with Crippen LogP contribution in [0.15, 0.2) is 60.8 Å².